The number of anilines is 3. The van der Waals surface area contributed by atoms with Gasteiger partial charge in [0.05, 0.1) is 0 Å². The molecule has 0 unspecified atom stereocenters. The third kappa shape index (κ3) is 5.30. The lowest BCUT2D eigenvalue weighted by atomic mass is 9.89. The minimum absolute atomic E-state index is 1.11. The van der Waals surface area contributed by atoms with E-state index in [1.54, 1.807) is 0 Å². The van der Waals surface area contributed by atoms with Crippen LogP contribution in [0.3, 0.4) is 0 Å². The van der Waals surface area contributed by atoms with Crippen LogP contribution in [0.5, 0.6) is 0 Å². The first kappa shape index (κ1) is 29.7. The first-order valence-electron chi connectivity index (χ1n) is 17.3. The van der Waals surface area contributed by atoms with Crippen molar-refractivity contribution in [1.82, 2.24) is 0 Å². The van der Waals surface area contributed by atoms with E-state index in [9.17, 15) is 0 Å². The second kappa shape index (κ2) is 12.5. The molecule has 1 heteroatoms. The molecule has 9 aromatic carbocycles. The maximum Gasteiger partial charge on any atom is 0.0462 e. The molecule has 0 aliphatic rings. The molecule has 0 saturated heterocycles. The highest BCUT2D eigenvalue weighted by Crippen LogP contribution is 2.41. The Kier molecular flexibility index (Phi) is 7.44. The van der Waals surface area contributed by atoms with Crippen LogP contribution >= 0.6 is 0 Å². The van der Waals surface area contributed by atoms with Gasteiger partial charge in [-0.3, -0.25) is 0 Å². The molecule has 0 bridgehead atoms. The lowest BCUT2D eigenvalue weighted by Gasteiger charge is -2.26. The van der Waals surface area contributed by atoms with Gasteiger partial charge in [0.15, 0.2) is 0 Å². The number of benzene rings is 9. The Bertz CT molecular complexity index is 2520. The maximum atomic E-state index is 2.38. The van der Waals surface area contributed by atoms with Crippen molar-refractivity contribution in [3.8, 4) is 33.4 Å². The fraction of sp³-hybridized carbons (Fsp3) is 0.0204. The highest BCUT2D eigenvalue weighted by atomic mass is 15.1. The fourth-order valence-corrected chi connectivity index (χ4v) is 7.53. The van der Waals surface area contributed by atoms with Crippen LogP contribution in [0.4, 0.5) is 17.1 Å². The highest BCUT2D eigenvalue weighted by Gasteiger charge is 2.15. The van der Waals surface area contributed by atoms with Gasteiger partial charge in [-0.2, -0.15) is 0 Å². The molecule has 0 amide bonds. The van der Waals surface area contributed by atoms with E-state index in [0.717, 1.165) is 17.1 Å². The fourth-order valence-electron chi connectivity index (χ4n) is 7.53. The van der Waals surface area contributed by atoms with Crippen LogP contribution in [-0.4, -0.2) is 0 Å². The summed E-state index contributed by atoms with van der Waals surface area (Å²) in [5.41, 5.74) is 11.9. The molecule has 0 spiro atoms. The SMILES string of the molecule is Cc1cc(-c2ccc(N(c3ccc(-c4ccccc4)cc3)c3ccc(-c4ccccc4)cc3)cc2)cc2c3ccccc3c3ccccc3c12. The normalized spacial score (nSPS) is 11.3. The summed E-state index contributed by atoms with van der Waals surface area (Å²) in [6.45, 7) is 2.25. The average Bonchev–Trinajstić information content (AvgIpc) is 3.19. The zero-order valence-corrected chi connectivity index (χ0v) is 27.9. The van der Waals surface area contributed by atoms with Crippen molar-refractivity contribution in [2.45, 2.75) is 6.92 Å². The molecule has 9 aromatic rings. The Balaban J connectivity index is 1.13. The van der Waals surface area contributed by atoms with Crippen molar-refractivity contribution < 1.29 is 0 Å². The molecule has 236 valence electrons. The predicted octanol–water partition coefficient (Wildman–Crippen LogP) is 13.9. The van der Waals surface area contributed by atoms with Crippen LogP contribution in [0.25, 0.3) is 65.7 Å². The zero-order chi connectivity index (χ0) is 33.4. The van der Waals surface area contributed by atoms with Crippen LogP contribution in [0, 0.1) is 6.92 Å². The van der Waals surface area contributed by atoms with Crippen LogP contribution in [-0.2, 0) is 0 Å². The topological polar surface area (TPSA) is 3.24 Å². The van der Waals surface area contributed by atoms with Gasteiger partial charge >= 0.3 is 0 Å². The molecule has 0 saturated carbocycles. The molecule has 0 fully saturated rings. The zero-order valence-electron chi connectivity index (χ0n) is 27.9. The number of hydrogen-bond donors (Lipinski definition) is 0. The van der Waals surface area contributed by atoms with Crippen molar-refractivity contribution in [1.29, 1.82) is 0 Å². The van der Waals surface area contributed by atoms with Crippen LogP contribution in [0.1, 0.15) is 5.56 Å². The quantitative estimate of drug-likeness (QED) is 0.164. The van der Waals surface area contributed by atoms with E-state index in [2.05, 4.69) is 206 Å². The van der Waals surface area contributed by atoms with Gasteiger partial charge in [0.1, 0.15) is 0 Å². The molecule has 0 radical (unpaired) electrons. The Morgan fingerprint density at radius 3 is 1.08 bits per heavy atom. The molecule has 9 rings (SSSR count). The van der Waals surface area contributed by atoms with Crippen molar-refractivity contribution in [2.75, 3.05) is 4.90 Å². The third-order valence-electron chi connectivity index (χ3n) is 9.96. The summed E-state index contributed by atoms with van der Waals surface area (Å²) in [6.07, 6.45) is 0. The summed E-state index contributed by atoms with van der Waals surface area (Å²) in [5.74, 6) is 0. The maximum absolute atomic E-state index is 2.38. The largest absolute Gasteiger partial charge is 0.311 e. The molecular weight excluding hydrogens is 603 g/mol. The smallest absolute Gasteiger partial charge is 0.0462 e. The number of rotatable bonds is 6. The summed E-state index contributed by atoms with van der Waals surface area (Å²) < 4.78 is 0. The standard InChI is InChI=1S/C49H35N/c1-34-32-40(33-48-46-18-9-8-16-44(46)45-17-10-11-19-47(45)49(34)48)39-24-30-43(31-25-39)50(41-26-20-37(21-27-41)35-12-4-2-5-13-35)42-28-22-38(23-29-42)36-14-6-3-7-15-36/h2-33H,1H3. The van der Waals surface area contributed by atoms with Gasteiger partial charge in [-0.1, -0.05) is 152 Å². The molecule has 0 aliphatic heterocycles. The summed E-state index contributed by atoms with van der Waals surface area (Å²) in [4.78, 5) is 2.35. The summed E-state index contributed by atoms with van der Waals surface area (Å²) in [6, 6.07) is 70.3. The highest BCUT2D eigenvalue weighted by molar-refractivity contribution is 6.26. The van der Waals surface area contributed by atoms with E-state index >= 15 is 0 Å². The molecule has 1 nitrogen and oxygen atoms in total. The molecule has 0 aromatic heterocycles. The Hall–Kier alpha value is -6.44. The van der Waals surface area contributed by atoms with Crippen molar-refractivity contribution in [3.05, 3.63) is 200 Å². The molecule has 50 heavy (non-hydrogen) atoms. The third-order valence-corrected chi connectivity index (χ3v) is 9.96. The van der Waals surface area contributed by atoms with Crippen molar-refractivity contribution in [3.63, 3.8) is 0 Å². The molecule has 0 heterocycles. The first-order chi connectivity index (χ1) is 24.7. The van der Waals surface area contributed by atoms with Gasteiger partial charge in [-0.05, 0) is 121 Å². The van der Waals surface area contributed by atoms with E-state index < -0.39 is 0 Å². The Morgan fingerprint density at radius 2 is 0.620 bits per heavy atom. The van der Waals surface area contributed by atoms with E-state index in [4.69, 9.17) is 0 Å². The lowest BCUT2D eigenvalue weighted by molar-refractivity contribution is 1.28. The molecule has 0 aliphatic carbocycles. The van der Waals surface area contributed by atoms with Gasteiger partial charge in [-0.25, -0.2) is 0 Å². The molecular formula is C49H35N. The van der Waals surface area contributed by atoms with Gasteiger partial charge in [-0.15, -0.1) is 0 Å². The van der Waals surface area contributed by atoms with E-state index in [0.29, 0.717) is 0 Å². The van der Waals surface area contributed by atoms with Gasteiger partial charge in [0.2, 0.25) is 0 Å². The Morgan fingerprint density at radius 1 is 0.280 bits per heavy atom. The van der Waals surface area contributed by atoms with E-state index in [1.807, 2.05) is 0 Å². The summed E-state index contributed by atoms with van der Waals surface area (Å²) in [7, 11) is 0. The molecule has 0 N–H and O–H groups in total. The van der Waals surface area contributed by atoms with E-state index in [-0.39, 0.29) is 0 Å². The van der Waals surface area contributed by atoms with Crippen LogP contribution in [0.2, 0.25) is 0 Å². The summed E-state index contributed by atoms with van der Waals surface area (Å²) >= 11 is 0. The van der Waals surface area contributed by atoms with Gasteiger partial charge in [0.25, 0.3) is 0 Å². The number of nitrogens with zero attached hydrogens (tertiary/aromatic N) is 1. The predicted molar refractivity (Wildman–Crippen MR) is 215 cm³/mol. The lowest BCUT2D eigenvalue weighted by Crippen LogP contribution is -2.09. The van der Waals surface area contributed by atoms with Crippen molar-refractivity contribution in [2.24, 2.45) is 0 Å². The van der Waals surface area contributed by atoms with E-state index in [1.165, 1.54) is 71.3 Å². The van der Waals surface area contributed by atoms with Crippen molar-refractivity contribution >= 4 is 49.4 Å². The minimum atomic E-state index is 1.11. The summed E-state index contributed by atoms with van der Waals surface area (Å²) in [5, 5.41) is 7.86. The number of hydrogen-bond acceptors (Lipinski definition) is 1. The molecule has 0 atom stereocenters. The first-order valence-corrected chi connectivity index (χ1v) is 17.3. The van der Waals surface area contributed by atoms with Crippen LogP contribution in [0.15, 0.2) is 194 Å². The second-order valence-electron chi connectivity index (χ2n) is 13.0. The number of fused-ring (bicyclic) bond motifs is 6. The van der Waals surface area contributed by atoms with Gasteiger partial charge < -0.3 is 4.90 Å². The second-order valence-corrected chi connectivity index (χ2v) is 13.0. The monoisotopic (exact) mass is 637 g/mol. The Labute approximate surface area is 293 Å². The number of aryl methyl sites for hydroxylation is 1. The van der Waals surface area contributed by atoms with Crippen LogP contribution < -0.4 is 4.90 Å². The minimum Gasteiger partial charge on any atom is -0.311 e. The average molecular weight is 638 g/mol. The van der Waals surface area contributed by atoms with Gasteiger partial charge in [0, 0.05) is 17.1 Å².